The molecule has 170 valence electrons. The lowest BCUT2D eigenvalue weighted by molar-refractivity contribution is -0.126. The lowest BCUT2D eigenvalue weighted by Gasteiger charge is -2.58. The second-order valence-electron chi connectivity index (χ2n) is 10.1. The number of carbonyl (C=O) groups is 1. The van der Waals surface area contributed by atoms with Crippen LogP contribution in [0.15, 0.2) is 54.6 Å². The van der Waals surface area contributed by atoms with E-state index in [1.807, 2.05) is 42.5 Å². The van der Waals surface area contributed by atoms with Gasteiger partial charge in [0.15, 0.2) is 0 Å². The van der Waals surface area contributed by atoms with Gasteiger partial charge >= 0.3 is 0 Å². The molecule has 3 fully saturated rings. The average molecular weight is 435 g/mol. The molecule has 2 aromatic carbocycles. The van der Waals surface area contributed by atoms with Crippen molar-refractivity contribution in [2.75, 3.05) is 26.7 Å². The van der Waals surface area contributed by atoms with Crippen LogP contribution < -0.4 is 10.1 Å². The highest BCUT2D eigenvalue weighted by Crippen LogP contribution is 2.52. The van der Waals surface area contributed by atoms with Gasteiger partial charge in [-0.25, -0.2) is 0 Å². The first-order valence-corrected chi connectivity index (χ1v) is 12.0. The molecule has 2 aromatic rings. The fourth-order valence-electron chi connectivity index (χ4n) is 5.98. The summed E-state index contributed by atoms with van der Waals surface area (Å²) in [5.74, 6) is 1.59. The van der Waals surface area contributed by atoms with E-state index in [1.54, 1.807) is 7.11 Å². The number of benzene rings is 2. The zero-order valence-electron chi connectivity index (χ0n) is 18.9. The van der Waals surface area contributed by atoms with E-state index in [2.05, 4.69) is 22.3 Å². The maximum absolute atomic E-state index is 12.9. The van der Waals surface area contributed by atoms with E-state index in [9.17, 15) is 9.90 Å². The fourth-order valence-corrected chi connectivity index (χ4v) is 5.98. The van der Waals surface area contributed by atoms with Crippen LogP contribution in [0.1, 0.15) is 54.4 Å². The first kappa shape index (κ1) is 21.5. The van der Waals surface area contributed by atoms with Crippen molar-refractivity contribution in [1.29, 1.82) is 0 Å². The Balaban J connectivity index is 1.43. The minimum Gasteiger partial charge on any atom is -0.497 e. The van der Waals surface area contributed by atoms with Gasteiger partial charge in [-0.15, -0.1) is 0 Å². The van der Waals surface area contributed by atoms with E-state index in [-0.39, 0.29) is 11.9 Å². The van der Waals surface area contributed by atoms with Gasteiger partial charge in [0.25, 0.3) is 5.91 Å². The Kier molecular flexibility index (Phi) is 5.72. The predicted molar refractivity (Wildman–Crippen MR) is 125 cm³/mol. The van der Waals surface area contributed by atoms with Crippen molar-refractivity contribution in [2.45, 2.75) is 55.6 Å². The van der Waals surface area contributed by atoms with Gasteiger partial charge in [0.1, 0.15) is 5.75 Å². The van der Waals surface area contributed by atoms with Gasteiger partial charge < -0.3 is 20.1 Å². The molecule has 0 spiro atoms. The van der Waals surface area contributed by atoms with Crippen LogP contribution in [0.25, 0.3) is 0 Å². The maximum Gasteiger partial charge on any atom is 0.251 e. The molecular weight excluding hydrogens is 400 g/mol. The number of aliphatic hydroxyl groups is 1. The molecule has 5 rings (SSSR count). The number of rotatable bonds is 6. The summed E-state index contributed by atoms with van der Waals surface area (Å²) in [4.78, 5) is 15.3. The molecular formula is C27H34N2O3. The van der Waals surface area contributed by atoms with Crippen LogP contribution in [0.4, 0.5) is 0 Å². The van der Waals surface area contributed by atoms with E-state index >= 15 is 0 Å². The molecule has 2 N–H and O–H groups in total. The molecule has 0 bridgehead atoms. The van der Waals surface area contributed by atoms with Gasteiger partial charge in [-0.05, 0) is 80.8 Å². The number of ether oxygens (including phenoxy) is 1. The van der Waals surface area contributed by atoms with Gasteiger partial charge in [-0.2, -0.15) is 0 Å². The molecule has 0 unspecified atom stereocenters. The second-order valence-corrected chi connectivity index (χ2v) is 10.1. The molecule has 1 heterocycles. The van der Waals surface area contributed by atoms with Crippen molar-refractivity contribution in [1.82, 2.24) is 10.2 Å². The number of piperidine rings is 1. The van der Waals surface area contributed by atoms with Crippen molar-refractivity contribution in [2.24, 2.45) is 5.92 Å². The number of amides is 1. The monoisotopic (exact) mass is 434 g/mol. The largest absolute Gasteiger partial charge is 0.497 e. The number of fused-ring (bicyclic) bond motifs is 1. The summed E-state index contributed by atoms with van der Waals surface area (Å²) in [7, 11) is 1.69. The van der Waals surface area contributed by atoms with Gasteiger partial charge in [-0.1, -0.05) is 30.3 Å². The molecule has 2 aliphatic carbocycles. The van der Waals surface area contributed by atoms with Crippen LogP contribution in [0.3, 0.4) is 0 Å². The number of β-amino-alcohol motifs (C(OH)–C–C–N with tert-alkyl or cyclic N) is 1. The molecule has 3 atom stereocenters. The van der Waals surface area contributed by atoms with Crippen LogP contribution in [0.2, 0.25) is 0 Å². The Morgan fingerprint density at radius 1 is 1.12 bits per heavy atom. The standard InChI is InChI=1S/C27H34N2O3/c1-32-24-9-5-8-22(16-24)26-14-15-29(18-20-10-11-20)19-27(26,31)13-12-23(17-26)28-25(30)21-6-3-2-4-7-21/h2-9,16,20,23,31H,10-15,17-19H2,1H3,(H,28,30)/t23-,26+,27+/m1/s1. The molecule has 0 aromatic heterocycles. The maximum atomic E-state index is 12.9. The lowest BCUT2D eigenvalue weighted by Crippen LogP contribution is -2.67. The summed E-state index contributed by atoms with van der Waals surface area (Å²) < 4.78 is 5.52. The van der Waals surface area contributed by atoms with Crippen molar-refractivity contribution in [3.8, 4) is 5.75 Å². The molecule has 2 saturated carbocycles. The van der Waals surface area contributed by atoms with E-state index in [4.69, 9.17) is 4.74 Å². The zero-order chi connectivity index (χ0) is 22.2. The topological polar surface area (TPSA) is 61.8 Å². The smallest absolute Gasteiger partial charge is 0.251 e. The van der Waals surface area contributed by atoms with Crippen LogP contribution in [-0.2, 0) is 5.41 Å². The molecule has 1 amide bonds. The zero-order valence-corrected chi connectivity index (χ0v) is 18.9. The molecule has 32 heavy (non-hydrogen) atoms. The van der Waals surface area contributed by atoms with E-state index in [0.717, 1.165) is 49.6 Å². The van der Waals surface area contributed by atoms with E-state index < -0.39 is 11.0 Å². The third kappa shape index (κ3) is 4.04. The molecule has 5 heteroatoms. The average Bonchev–Trinajstić information content (AvgIpc) is 3.64. The van der Waals surface area contributed by atoms with Crippen LogP contribution >= 0.6 is 0 Å². The molecule has 1 aliphatic heterocycles. The van der Waals surface area contributed by atoms with Gasteiger partial charge in [0.2, 0.25) is 0 Å². The number of nitrogens with zero attached hydrogens (tertiary/aromatic N) is 1. The molecule has 1 saturated heterocycles. The normalized spacial score (nSPS) is 30.4. The van der Waals surface area contributed by atoms with Crippen molar-refractivity contribution in [3.63, 3.8) is 0 Å². The van der Waals surface area contributed by atoms with E-state index in [1.165, 1.54) is 12.8 Å². The first-order chi connectivity index (χ1) is 15.5. The summed E-state index contributed by atoms with van der Waals surface area (Å²) >= 11 is 0. The molecule has 5 nitrogen and oxygen atoms in total. The quantitative estimate of drug-likeness (QED) is 0.727. The second kappa shape index (κ2) is 8.53. The first-order valence-electron chi connectivity index (χ1n) is 12.0. The number of methoxy groups -OCH3 is 1. The predicted octanol–water partition coefficient (Wildman–Crippen LogP) is 3.76. The highest BCUT2D eigenvalue weighted by Gasteiger charge is 2.57. The van der Waals surface area contributed by atoms with Crippen molar-refractivity contribution in [3.05, 3.63) is 65.7 Å². The summed E-state index contributed by atoms with van der Waals surface area (Å²) in [6.45, 7) is 2.79. The Hall–Kier alpha value is -2.37. The summed E-state index contributed by atoms with van der Waals surface area (Å²) in [6, 6.07) is 17.6. The number of hydrogen-bond acceptors (Lipinski definition) is 4. The number of hydrogen-bond donors (Lipinski definition) is 2. The Bertz CT molecular complexity index is 960. The Morgan fingerprint density at radius 2 is 1.94 bits per heavy atom. The van der Waals surface area contributed by atoms with Gasteiger partial charge in [0, 0.05) is 30.1 Å². The molecule has 0 radical (unpaired) electrons. The number of carbonyl (C=O) groups excluding carboxylic acids is 1. The highest BCUT2D eigenvalue weighted by atomic mass is 16.5. The van der Waals surface area contributed by atoms with Crippen LogP contribution in [0, 0.1) is 5.92 Å². The number of nitrogens with one attached hydrogen (secondary N) is 1. The molecule has 3 aliphatic rings. The van der Waals surface area contributed by atoms with Crippen molar-refractivity contribution >= 4 is 5.91 Å². The SMILES string of the molecule is COc1cccc([C@@]23CCN(CC4CC4)C[C@@]2(O)CC[C@@H](NC(=O)c2ccccc2)C3)c1. The number of likely N-dealkylation sites (tertiary alicyclic amines) is 1. The Labute approximate surface area is 190 Å². The van der Waals surface area contributed by atoms with Gasteiger partial charge in [0.05, 0.1) is 12.7 Å². The summed E-state index contributed by atoms with van der Waals surface area (Å²) in [5.41, 5.74) is 0.613. The minimum atomic E-state index is -0.805. The van der Waals surface area contributed by atoms with Crippen LogP contribution in [0.5, 0.6) is 5.75 Å². The van der Waals surface area contributed by atoms with Crippen LogP contribution in [-0.4, -0.2) is 54.3 Å². The van der Waals surface area contributed by atoms with Crippen molar-refractivity contribution < 1.29 is 14.6 Å². The lowest BCUT2D eigenvalue weighted by atomic mass is 9.55. The highest BCUT2D eigenvalue weighted by molar-refractivity contribution is 5.94. The third-order valence-electron chi connectivity index (χ3n) is 7.94. The third-order valence-corrected chi connectivity index (χ3v) is 7.94. The fraction of sp³-hybridized carbons (Fsp3) is 0.519. The summed E-state index contributed by atoms with van der Waals surface area (Å²) in [6.07, 6.45) is 5.75. The van der Waals surface area contributed by atoms with Gasteiger partial charge in [-0.3, -0.25) is 4.79 Å². The Morgan fingerprint density at radius 3 is 2.69 bits per heavy atom. The minimum absolute atomic E-state index is 0.0316. The van der Waals surface area contributed by atoms with E-state index in [0.29, 0.717) is 18.5 Å². The summed E-state index contributed by atoms with van der Waals surface area (Å²) in [5, 5.41) is 15.4.